The zero-order chi connectivity index (χ0) is 14.8. The Labute approximate surface area is 142 Å². The Morgan fingerprint density at radius 2 is 2.00 bits per heavy atom. The molecular formula is C15H16ClIN4. The fraction of sp³-hybridized carbons (Fsp3) is 0.333. The summed E-state index contributed by atoms with van der Waals surface area (Å²) in [6.45, 7) is 2.90. The number of rotatable bonds is 5. The predicted molar refractivity (Wildman–Crippen MR) is 95.6 cm³/mol. The molecule has 1 aliphatic rings. The molecule has 2 N–H and O–H groups in total. The largest absolute Gasteiger partial charge is 0.370 e. The third kappa shape index (κ3) is 3.77. The summed E-state index contributed by atoms with van der Waals surface area (Å²) < 4.78 is 1.11. The fourth-order valence-corrected chi connectivity index (χ4v) is 2.96. The van der Waals surface area contributed by atoms with Crippen molar-refractivity contribution in [2.45, 2.75) is 25.7 Å². The van der Waals surface area contributed by atoms with Crippen LogP contribution in [0.1, 0.15) is 31.5 Å². The molecule has 1 aromatic carbocycles. The average molecular weight is 415 g/mol. The van der Waals surface area contributed by atoms with Gasteiger partial charge in [0.15, 0.2) is 0 Å². The molecule has 1 fully saturated rings. The third-order valence-electron chi connectivity index (χ3n) is 3.24. The summed E-state index contributed by atoms with van der Waals surface area (Å²) in [7, 11) is 0. The summed E-state index contributed by atoms with van der Waals surface area (Å²) in [5.74, 6) is 3.07. The Morgan fingerprint density at radius 3 is 2.67 bits per heavy atom. The first-order valence-corrected chi connectivity index (χ1v) is 8.46. The number of anilines is 3. The van der Waals surface area contributed by atoms with Crippen LogP contribution in [0.15, 0.2) is 24.3 Å². The van der Waals surface area contributed by atoms with Gasteiger partial charge in [-0.05, 0) is 60.6 Å². The summed E-state index contributed by atoms with van der Waals surface area (Å²) in [6, 6.07) is 7.83. The maximum absolute atomic E-state index is 6.27. The van der Waals surface area contributed by atoms with Gasteiger partial charge < -0.3 is 10.6 Å². The molecule has 1 saturated carbocycles. The molecule has 6 heteroatoms. The second kappa shape index (κ2) is 6.36. The molecule has 0 radical (unpaired) electrons. The van der Waals surface area contributed by atoms with Crippen LogP contribution >= 0.6 is 34.2 Å². The highest BCUT2D eigenvalue weighted by atomic mass is 127. The molecule has 1 heterocycles. The van der Waals surface area contributed by atoms with Gasteiger partial charge >= 0.3 is 0 Å². The SMILES string of the molecule is CCNc1cc(Nc2ccc(I)cc2Cl)nc(C2CC2)n1. The van der Waals surface area contributed by atoms with Gasteiger partial charge in [0.1, 0.15) is 17.5 Å². The highest BCUT2D eigenvalue weighted by molar-refractivity contribution is 14.1. The summed E-state index contributed by atoms with van der Waals surface area (Å²) in [5, 5.41) is 7.24. The summed E-state index contributed by atoms with van der Waals surface area (Å²) in [6.07, 6.45) is 2.36. The van der Waals surface area contributed by atoms with Crippen LogP contribution in [-0.4, -0.2) is 16.5 Å². The molecule has 110 valence electrons. The van der Waals surface area contributed by atoms with Crippen molar-refractivity contribution in [1.82, 2.24) is 9.97 Å². The van der Waals surface area contributed by atoms with Crippen molar-refractivity contribution in [3.63, 3.8) is 0 Å². The van der Waals surface area contributed by atoms with Crippen LogP contribution in [0.3, 0.4) is 0 Å². The minimum absolute atomic E-state index is 0.511. The number of aromatic nitrogens is 2. The summed E-state index contributed by atoms with van der Waals surface area (Å²) in [5.41, 5.74) is 0.861. The molecule has 0 aliphatic heterocycles. The normalized spacial score (nSPS) is 14.0. The lowest BCUT2D eigenvalue weighted by Gasteiger charge is -2.11. The molecule has 4 nitrogen and oxygen atoms in total. The van der Waals surface area contributed by atoms with Crippen LogP contribution < -0.4 is 10.6 Å². The van der Waals surface area contributed by atoms with Gasteiger partial charge in [0, 0.05) is 22.1 Å². The van der Waals surface area contributed by atoms with Crippen LogP contribution in [0.5, 0.6) is 0 Å². The molecule has 3 rings (SSSR count). The van der Waals surface area contributed by atoms with Gasteiger partial charge in [0.2, 0.25) is 0 Å². The number of nitrogens with zero attached hydrogens (tertiary/aromatic N) is 2. The van der Waals surface area contributed by atoms with E-state index in [4.69, 9.17) is 11.6 Å². The van der Waals surface area contributed by atoms with Gasteiger partial charge in [-0.25, -0.2) is 9.97 Å². The summed E-state index contributed by atoms with van der Waals surface area (Å²) in [4.78, 5) is 9.18. The molecule has 2 aromatic rings. The van der Waals surface area contributed by atoms with E-state index in [1.807, 2.05) is 24.3 Å². The van der Waals surface area contributed by atoms with Crippen molar-refractivity contribution in [1.29, 1.82) is 0 Å². The molecule has 0 amide bonds. The smallest absolute Gasteiger partial charge is 0.136 e. The molecular weight excluding hydrogens is 399 g/mol. The molecule has 0 spiro atoms. The standard InChI is InChI=1S/C15H16ClIN4/c1-2-18-13-8-14(21-15(20-13)9-3-4-9)19-12-6-5-10(17)7-11(12)16/h5-9H,2-4H2,1H3,(H2,18,19,20,21). The molecule has 0 bridgehead atoms. The molecule has 1 aliphatic carbocycles. The number of nitrogens with one attached hydrogen (secondary N) is 2. The van der Waals surface area contributed by atoms with Crippen molar-refractivity contribution < 1.29 is 0 Å². The zero-order valence-electron chi connectivity index (χ0n) is 11.7. The van der Waals surface area contributed by atoms with Gasteiger partial charge in [0.05, 0.1) is 10.7 Å². The topological polar surface area (TPSA) is 49.8 Å². The lowest BCUT2D eigenvalue weighted by atomic mass is 10.3. The molecule has 1 aromatic heterocycles. The Balaban J connectivity index is 1.89. The number of hydrogen-bond acceptors (Lipinski definition) is 4. The number of halogens is 2. The monoisotopic (exact) mass is 414 g/mol. The molecule has 0 atom stereocenters. The van der Waals surface area contributed by atoms with Gasteiger partial charge in [0.25, 0.3) is 0 Å². The highest BCUT2D eigenvalue weighted by Crippen LogP contribution is 2.39. The second-order valence-electron chi connectivity index (χ2n) is 5.05. The Hall–Kier alpha value is -1.08. The van der Waals surface area contributed by atoms with Crippen molar-refractivity contribution in [2.24, 2.45) is 0 Å². The van der Waals surface area contributed by atoms with Crippen molar-refractivity contribution in [2.75, 3.05) is 17.2 Å². The molecule has 0 unspecified atom stereocenters. The van der Waals surface area contributed by atoms with E-state index in [1.165, 1.54) is 12.8 Å². The van der Waals surface area contributed by atoms with Crippen LogP contribution in [0, 0.1) is 3.57 Å². The Kier molecular flexibility index (Phi) is 4.49. The van der Waals surface area contributed by atoms with E-state index in [0.717, 1.165) is 33.3 Å². The van der Waals surface area contributed by atoms with Gasteiger partial charge in [-0.1, -0.05) is 11.6 Å². The Bertz CT molecular complexity index is 658. The van der Waals surface area contributed by atoms with Crippen molar-refractivity contribution in [3.05, 3.63) is 38.7 Å². The molecule has 21 heavy (non-hydrogen) atoms. The van der Waals surface area contributed by atoms with E-state index < -0.39 is 0 Å². The van der Waals surface area contributed by atoms with E-state index in [1.54, 1.807) is 0 Å². The predicted octanol–water partition coefficient (Wildman–Crippen LogP) is 4.79. The van der Waals surface area contributed by atoms with Crippen LogP contribution in [-0.2, 0) is 0 Å². The second-order valence-corrected chi connectivity index (χ2v) is 6.70. The van der Waals surface area contributed by atoms with Gasteiger partial charge in [-0.3, -0.25) is 0 Å². The zero-order valence-corrected chi connectivity index (χ0v) is 14.6. The maximum Gasteiger partial charge on any atom is 0.136 e. The number of benzene rings is 1. The van der Waals surface area contributed by atoms with Crippen LogP contribution in [0.25, 0.3) is 0 Å². The quantitative estimate of drug-likeness (QED) is 0.691. The summed E-state index contributed by atoms with van der Waals surface area (Å²) >= 11 is 8.51. The minimum atomic E-state index is 0.511. The maximum atomic E-state index is 6.27. The van der Waals surface area contributed by atoms with Crippen molar-refractivity contribution in [3.8, 4) is 0 Å². The minimum Gasteiger partial charge on any atom is -0.370 e. The van der Waals surface area contributed by atoms with E-state index in [9.17, 15) is 0 Å². The van der Waals surface area contributed by atoms with E-state index in [2.05, 4.69) is 50.1 Å². The first-order chi connectivity index (χ1) is 10.2. The van der Waals surface area contributed by atoms with Gasteiger partial charge in [-0.2, -0.15) is 0 Å². The first kappa shape index (κ1) is 14.8. The number of hydrogen-bond donors (Lipinski definition) is 2. The lowest BCUT2D eigenvalue weighted by molar-refractivity contribution is 0.927. The first-order valence-electron chi connectivity index (χ1n) is 7.00. The van der Waals surface area contributed by atoms with E-state index in [-0.39, 0.29) is 0 Å². The Morgan fingerprint density at radius 1 is 1.24 bits per heavy atom. The van der Waals surface area contributed by atoms with E-state index in [0.29, 0.717) is 10.9 Å². The lowest BCUT2D eigenvalue weighted by Crippen LogP contribution is -2.05. The molecule has 0 saturated heterocycles. The van der Waals surface area contributed by atoms with Crippen LogP contribution in [0.4, 0.5) is 17.3 Å². The fourth-order valence-electron chi connectivity index (χ4n) is 2.05. The van der Waals surface area contributed by atoms with Crippen molar-refractivity contribution >= 4 is 51.5 Å². The highest BCUT2D eigenvalue weighted by Gasteiger charge is 2.27. The van der Waals surface area contributed by atoms with E-state index >= 15 is 0 Å². The van der Waals surface area contributed by atoms with Gasteiger partial charge in [-0.15, -0.1) is 0 Å². The average Bonchev–Trinajstić information content (AvgIpc) is 3.27. The third-order valence-corrected chi connectivity index (χ3v) is 4.22. The van der Waals surface area contributed by atoms with Crippen LogP contribution in [0.2, 0.25) is 5.02 Å².